The number of carbonyl (C=O) groups excluding carboxylic acids is 1. The predicted molar refractivity (Wildman–Crippen MR) is 82.4 cm³/mol. The number of rotatable bonds is 3. The van der Waals surface area contributed by atoms with Crippen LogP contribution in [-0.2, 0) is 0 Å². The Morgan fingerprint density at radius 2 is 1.95 bits per heavy atom. The lowest BCUT2D eigenvalue weighted by molar-refractivity contribution is 0.102. The highest BCUT2D eigenvalue weighted by molar-refractivity contribution is 6.44. The van der Waals surface area contributed by atoms with E-state index in [0.717, 1.165) is 0 Å². The zero-order chi connectivity index (χ0) is 15.6. The van der Waals surface area contributed by atoms with Crippen LogP contribution >= 0.6 is 34.8 Å². The average molecular weight is 348 g/mol. The maximum atomic E-state index is 12.2. The van der Waals surface area contributed by atoms with Gasteiger partial charge >= 0.3 is 0 Å². The summed E-state index contributed by atoms with van der Waals surface area (Å²) in [6.45, 7) is 0. The summed E-state index contributed by atoms with van der Waals surface area (Å²) in [5.74, 6) is -0.389. The lowest BCUT2D eigenvalue weighted by Gasteiger charge is -2.09. The Morgan fingerprint density at radius 1 is 1.24 bits per heavy atom. The predicted octanol–water partition coefficient (Wildman–Crippen LogP) is 3.28. The van der Waals surface area contributed by atoms with Gasteiger partial charge in [0.05, 0.1) is 22.7 Å². The van der Waals surface area contributed by atoms with Gasteiger partial charge in [-0.1, -0.05) is 34.8 Å². The Balaban J connectivity index is 2.32. The Kier molecular flexibility index (Phi) is 4.72. The van der Waals surface area contributed by atoms with Gasteiger partial charge in [0, 0.05) is 11.8 Å². The number of hydrogen-bond acceptors (Lipinski definition) is 5. The van der Waals surface area contributed by atoms with Crippen LogP contribution in [0.4, 0.5) is 11.6 Å². The Hall–Kier alpha value is -1.76. The first-order chi connectivity index (χ1) is 9.90. The topological polar surface area (TPSA) is 90.1 Å². The molecule has 9 heteroatoms. The number of nitrogens with zero attached hydrogens (tertiary/aromatic N) is 2. The van der Waals surface area contributed by atoms with Gasteiger partial charge in [0.25, 0.3) is 5.91 Å². The number of methoxy groups -OCH3 is 1. The summed E-state index contributed by atoms with van der Waals surface area (Å²) in [6, 6.07) is 4.24. The van der Waals surface area contributed by atoms with Crippen LogP contribution in [0.2, 0.25) is 15.2 Å². The third kappa shape index (κ3) is 3.66. The van der Waals surface area contributed by atoms with Gasteiger partial charge in [-0.2, -0.15) is 4.98 Å². The van der Waals surface area contributed by atoms with Crippen molar-refractivity contribution in [2.75, 3.05) is 18.2 Å². The lowest BCUT2D eigenvalue weighted by Crippen LogP contribution is -2.15. The Bertz CT molecular complexity index is 709. The summed E-state index contributed by atoms with van der Waals surface area (Å²) < 4.78 is 4.93. The Labute approximate surface area is 135 Å². The smallest absolute Gasteiger partial charge is 0.259 e. The highest BCUT2D eigenvalue weighted by atomic mass is 35.5. The maximum absolute atomic E-state index is 12.2. The minimum absolute atomic E-state index is 0.0287. The molecule has 21 heavy (non-hydrogen) atoms. The van der Waals surface area contributed by atoms with Crippen LogP contribution in [-0.4, -0.2) is 23.0 Å². The van der Waals surface area contributed by atoms with Crippen LogP contribution in [0.1, 0.15) is 10.4 Å². The standard InChI is InChI=1S/C12H9Cl3N4O2/c1-21-9-4-8(14)17-12(18-9)19-11(20)6-2-5(16)3-7(13)10(6)15/h2-4H,16H2,1H3,(H,17,18,19,20). The second-order valence-corrected chi connectivity index (χ2v) is 5.05. The molecular weight excluding hydrogens is 339 g/mol. The molecule has 2 aromatic rings. The number of ether oxygens (including phenoxy) is 1. The largest absolute Gasteiger partial charge is 0.481 e. The molecule has 0 fully saturated rings. The molecule has 3 N–H and O–H groups in total. The molecule has 0 aliphatic heterocycles. The summed E-state index contributed by atoms with van der Waals surface area (Å²) in [5, 5.41) is 2.82. The molecule has 2 rings (SSSR count). The van der Waals surface area contributed by atoms with Gasteiger partial charge in [0.15, 0.2) is 0 Å². The number of hydrogen-bond donors (Lipinski definition) is 2. The molecule has 1 heterocycles. The molecule has 6 nitrogen and oxygen atoms in total. The zero-order valence-electron chi connectivity index (χ0n) is 10.7. The van der Waals surface area contributed by atoms with Crippen molar-refractivity contribution >= 4 is 52.3 Å². The van der Waals surface area contributed by atoms with E-state index in [1.165, 1.54) is 25.3 Å². The van der Waals surface area contributed by atoms with Crippen LogP contribution in [0.15, 0.2) is 18.2 Å². The van der Waals surface area contributed by atoms with E-state index in [1.54, 1.807) is 0 Å². The van der Waals surface area contributed by atoms with Crippen LogP contribution in [0, 0.1) is 0 Å². The molecule has 0 unspecified atom stereocenters. The van der Waals surface area contributed by atoms with Gasteiger partial charge < -0.3 is 10.5 Å². The fraction of sp³-hybridized carbons (Fsp3) is 0.0833. The number of anilines is 2. The summed E-state index contributed by atoms with van der Waals surface area (Å²) in [6.07, 6.45) is 0. The van der Waals surface area contributed by atoms with Crippen molar-refractivity contribution in [2.24, 2.45) is 0 Å². The van der Waals surface area contributed by atoms with Gasteiger partial charge in [-0.25, -0.2) is 4.98 Å². The second-order valence-electron chi connectivity index (χ2n) is 3.88. The molecule has 0 bridgehead atoms. The van der Waals surface area contributed by atoms with Gasteiger partial charge in [0.1, 0.15) is 5.15 Å². The van der Waals surface area contributed by atoms with E-state index in [4.69, 9.17) is 45.3 Å². The van der Waals surface area contributed by atoms with E-state index >= 15 is 0 Å². The Morgan fingerprint density at radius 3 is 2.62 bits per heavy atom. The van der Waals surface area contributed by atoms with Crippen molar-refractivity contribution in [3.63, 3.8) is 0 Å². The summed E-state index contributed by atoms with van der Waals surface area (Å²) in [7, 11) is 1.42. The lowest BCUT2D eigenvalue weighted by atomic mass is 10.2. The van der Waals surface area contributed by atoms with E-state index < -0.39 is 5.91 Å². The summed E-state index contributed by atoms with van der Waals surface area (Å²) in [4.78, 5) is 20.0. The average Bonchev–Trinajstić information content (AvgIpc) is 2.41. The molecule has 0 aliphatic rings. The van der Waals surface area contributed by atoms with Crippen LogP contribution in [0.3, 0.4) is 0 Å². The molecule has 0 saturated carbocycles. The normalized spacial score (nSPS) is 10.3. The fourth-order valence-electron chi connectivity index (χ4n) is 1.50. The molecule has 1 amide bonds. The van der Waals surface area contributed by atoms with E-state index in [2.05, 4.69) is 15.3 Å². The van der Waals surface area contributed by atoms with E-state index in [9.17, 15) is 4.79 Å². The van der Waals surface area contributed by atoms with E-state index in [0.29, 0.717) is 5.69 Å². The molecule has 0 radical (unpaired) electrons. The van der Waals surface area contributed by atoms with E-state index in [-0.39, 0.29) is 32.6 Å². The van der Waals surface area contributed by atoms with Crippen LogP contribution < -0.4 is 15.8 Å². The molecule has 0 aliphatic carbocycles. The first kappa shape index (κ1) is 15.6. The number of carbonyl (C=O) groups is 1. The molecular formula is C12H9Cl3N4O2. The first-order valence-electron chi connectivity index (χ1n) is 5.55. The van der Waals surface area contributed by atoms with Crippen molar-refractivity contribution < 1.29 is 9.53 Å². The zero-order valence-corrected chi connectivity index (χ0v) is 12.9. The monoisotopic (exact) mass is 346 g/mol. The third-order valence-electron chi connectivity index (χ3n) is 2.40. The van der Waals surface area contributed by atoms with Crippen molar-refractivity contribution in [1.82, 2.24) is 9.97 Å². The number of halogens is 3. The minimum atomic E-state index is -0.571. The number of nitrogens with one attached hydrogen (secondary N) is 1. The molecule has 0 saturated heterocycles. The first-order valence-corrected chi connectivity index (χ1v) is 6.68. The second kappa shape index (κ2) is 6.34. The van der Waals surface area contributed by atoms with Crippen molar-refractivity contribution in [1.29, 1.82) is 0 Å². The fourth-order valence-corrected chi connectivity index (χ4v) is 2.10. The van der Waals surface area contributed by atoms with Crippen molar-refractivity contribution in [2.45, 2.75) is 0 Å². The van der Waals surface area contributed by atoms with Gasteiger partial charge in [-0.3, -0.25) is 10.1 Å². The molecule has 0 spiro atoms. The van der Waals surface area contributed by atoms with Gasteiger partial charge in [0.2, 0.25) is 11.8 Å². The van der Waals surface area contributed by atoms with Crippen molar-refractivity contribution in [3.8, 4) is 5.88 Å². The van der Waals surface area contributed by atoms with Crippen LogP contribution in [0.5, 0.6) is 5.88 Å². The van der Waals surface area contributed by atoms with Crippen LogP contribution in [0.25, 0.3) is 0 Å². The number of nitrogens with two attached hydrogens (primary N) is 1. The van der Waals surface area contributed by atoms with Gasteiger partial charge in [-0.15, -0.1) is 0 Å². The molecule has 1 aromatic heterocycles. The minimum Gasteiger partial charge on any atom is -0.481 e. The quantitative estimate of drug-likeness (QED) is 0.657. The maximum Gasteiger partial charge on any atom is 0.259 e. The third-order valence-corrected chi connectivity index (χ3v) is 3.40. The summed E-state index contributed by atoms with van der Waals surface area (Å²) >= 11 is 17.6. The van der Waals surface area contributed by atoms with Crippen molar-refractivity contribution in [3.05, 3.63) is 39.0 Å². The van der Waals surface area contributed by atoms with E-state index in [1.807, 2.05) is 0 Å². The number of amides is 1. The highest BCUT2D eigenvalue weighted by Gasteiger charge is 2.16. The number of aromatic nitrogens is 2. The number of benzene rings is 1. The van der Waals surface area contributed by atoms with Gasteiger partial charge in [-0.05, 0) is 12.1 Å². The SMILES string of the molecule is COc1cc(Cl)nc(NC(=O)c2cc(N)cc(Cl)c2Cl)n1. The molecule has 0 atom stereocenters. The molecule has 110 valence electrons. The number of nitrogen functional groups attached to an aromatic ring is 1. The summed E-state index contributed by atoms with van der Waals surface area (Å²) in [5.41, 5.74) is 6.04. The highest BCUT2D eigenvalue weighted by Crippen LogP contribution is 2.29. The molecule has 1 aromatic carbocycles.